The normalized spacial score (nSPS) is 11.6. The highest BCUT2D eigenvalue weighted by molar-refractivity contribution is 5.84. The molecule has 0 spiro atoms. The Bertz CT molecular complexity index is 497. The molecule has 2 nitrogen and oxygen atoms in total. The third-order valence-electron chi connectivity index (χ3n) is 2.93. The molecule has 1 N–H and O–H groups in total. The SMILES string of the molecule is Cc1c(CNC(C)C)oc2c(C)cccc12. The second-order valence-electron chi connectivity index (χ2n) is 4.64. The van der Waals surface area contributed by atoms with Crippen molar-refractivity contribution in [2.45, 2.75) is 40.3 Å². The van der Waals surface area contributed by atoms with E-state index < -0.39 is 0 Å². The topological polar surface area (TPSA) is 25.2 Å². The molecule has 1 aromatic carbocycles. The number of aryl methyl sites for hydroxylation is 2. The standard InChI is InChI=1S/C14H19NO/c1-9(2)15-8-13-11(4)12-7-5-6-10(3)14(12)16-13/h5-7,9,15H,8H2,1-4H3. The van der Waals surface area contributed by atoms with Crippen LogP contribution in [0.5, 0.6) is 0 Å². The fourth-order valence-electron chi connectivity index (χ4n) is 1.90. The largest absolute Gasteiger partial charge is 0.459 e. The molecule has 2 heteroatoms. The second-order valence-corrected chi connectivity index (χ2v) is 4.64. The zero-order chi connectivity index (χ0) is 11.7. The van der Waals surface area contributed by atoms with Gasteiger partial charge in [0, 0.05) is 11.4 Å². The van der Waals surface area contributed by atoms with Crippen molar-refractivity contribution in [3.05, 3.63) is 35.1 Å². The molecule has 0 aliphatic rings. The monoisotopic (exact) mass is 217 g/mol. The third kappa shape index (κ3) is 1.98. The molecule has 0 aliphatic heterocycles. The van der Waals surface area contributed by atoms with Crippen molar-refractivity contribution in [1.82, 2.24) is 5.32 Å². The number of furan rings is 1. The van der Waals surface area contributed by atoms with Gasteiger partial charge in [-0.15, -0.1) is 0 Å². The maximum atomic E-state index is 5.92. The molecular weight excluding hydrogens is 198 g/mol. The fourth-order valence-corrected chi connectivity index (χ4v) is 1.90. The van der Waals surface area contributed by atoms with Crippen molar-refractivity contribution in [1.29, 1.82) is 0 Å². The van der Waals surface area contributed by atoms with E-state index in [2.05, 4.69) is 51.2 Å². The summed E-state index contributed by atoms with van der Waals surface area (Å²) in [5, 5.41) is 4.63. The molecular formula is C14H19NO. The van der Waals surface area contributed by atoms with Gasteiger partial charge in [0.25, 0.3) is 0 Å². The Morgan fingerprint density at radius 3 is 2.62 bits per heavy atom. The van der Waals surface area contributed by atoms with Crippen molar-refractivity contribution < 1.29 is 4.42 Å². The number of para-hydroxylation sites is 1. The van der Waals surface area contributed by atoms with Crippen molar-refractivity contribution in [2.75, 3.05) is 0 Å². The van der Waals surface area contributed by atoms with E-state index in [1.165, 1.54) is 16.5 Å². The Kier molecular flexibility index (Phi) is 3.01. The van der Waals surface area contributed by atoms with Crippen LogP contribution in [0.15, 0.2) is 22.6 Å². The van der Waals surface area contributed by atoms with Gasteiger partial charge in [-0.3, -0.25) is 0 Å². The first-order chi connectivity index (χ1) is 7.59. The number of benzene rings is 1. The first kappa shape index (κ1) is 11.2. The van der Waals surface area contributed by atoms with Gasteiger partial charge in [0.15, 0.2) is 0 Å². The van der Waals surface area contributed by atoms with Crippen LogP contribution in [0.3, 0.4) is 0 Å². The zero-order valence-corrected chi connectivity index (χ0v) is 10.4. The van der Waals surface area contributed by atoms with Gasteiger partial charge in [-0.25, -0.2) is 0 Å². The van der Waals surface area contributed by atoms with Crippen molar-refractivity contribution in [3.63, 3.8) is 0 Å². The van der Waals surface area contributed by atoms with Crippen LogP contribution in [0.1, 0.15) is 30.7 Å². The van der Waals surface area contributed by atoms with E-state index in [0.717, 1.165) is 17.9 Å². The van der Waals surface area contributed by atoms with Crippen LogP contribution < -0.4 is 5.32 Å². The smallest absolute Gasteiger partial charge is 0.137 e. The van der Waals surface area contributed by atoms with E-state index in [9.17, 15) is 0 Å². The van der Waals surface area contributed by atoms with Crippen LogP contribution in [0, 0.1) is 13.8 Å². The lowest BCUT2D eigenvalue weighted by Crippen LogP contribution is -2.21. The van der Waals surface area contributed by atoms with Crippen LogP contribution in [-0.2, 0) is 6.54 Å². The Morgan fingerprint density at radius 1 is 1.25 bits per heavy atom. The van der Waals surface area contributed by atoms with Gasteiger partial charge in [-0.1, -0.05) is 32.0 Å². The average Bonchev–Trinajstić information content (AvgIpc) is 2.55. The summed E-state index contributed by atoms with van der Waals surface area (Å²) >= 11 is 0. The lowest BCUT2D eigenvalue weighted by molar-refractivity contribution is 0.484. The van der Waals surface area contributed by atoms with Gasteiger partial charge in [0.2, 0.25) is 0 Å². The van der Waals surface area contributed by atoms with Crippen molar-refractivity contribution in [3.8, 4) is 0 Å². The molecule has 1 aromatic heterocycles. The van der Waals surface area contributed by atoms with Crippen LogP contribution in [0.2, 0.25) is 0 Å². The molecule has 2 aromatic rings. The summed E-state index contributed by atoms with van der Waals surface area (Å²) < 4.78 is 5.92. The Labute approximate surface area is 96.6 Å². The van der Waals surface area contributed by atoms with E-state index in [0.29, 0.717) is 6.04 Å². The van der Waals surface area contributed by atoms with Gasteiger partial charge in [-0.05, 0) is 25.0 Å². The molecule has 0 fully saturated rings. The highest BCUT2D eigenvalue weighted by atomic mass is 16.3. The lowest BCUT2D eigenvalue weighted by atomic mass is 10.1. The Morgan fingerprint density at radius 2 is 2.00 bits per heavy atom. The summed E-state index contributed by atoms with van der Waals surface area (Å²) in [5.41, 5.74) is 3.49. The minimum atomic E-state index is 0.480. The molecule has 0 atom stereocenters. The number of fused-ring (bicyclic) bond motifs is 1. The molecule has 0 bridgehead atoms. The number of hydrogen-bond donors (Lipinski definition) is 1. The predicted octanol–water partition coefficient (Wildman–Crippen LogP) is 3.55. The van der Waals surface area contributed by atoms with Crippen molar-refractivity contribution >= 4 is 11.0 Å². The van der Waals surface area contributed by atoms with Crippen LogP contribution >= 0.6 is 0 Å². The van der Waals surface area contributed by atoms with Gasteiger partial charge < -0.3 is 9.73 Å². The van der Waals surface area contributed by atoms with E-state index in [1.54, 1.807) is 0 Å². The van der Waals surface area contributed by atoms with Gasteiger partial charge in [0.1, 0.15) is 11.3 Å². The van der Waals surface area contributed by atoms with Crippen molar-refractivity contribution in [2.24, 2.45) is 0 Å². The van der Waals surface area contributed by atoms with Crippen LogP contribution in [0.4, 0.5) is 0 Å². The zero-order valence-electron chi connectivity index (χ0n) is 10.4. The average molecular weight is 217 g/mol. The lowest BCUT2D eigenvalue weighted by Gasteiger charge is -2.05. The Hall–Kier alpha value is -1.28. The molecule has 0 saturated heterocycles. The molecule has 16 heavy (non-hydrogen) atoms. The molecule has 0 aliphatic carbocycles. The van der Waals surface area contributed by atoms with E-state index in [4.69, 9.17) is 4.42 Å². The van der Waals surface area contributed by atoms with E-state index in [-0.39, 0.29) is 0 Å². The minimum Gasteiger partial charge on any atom is -0.459 e. The number of hydrogen-bond acceptors (Lipinski definition) is 2. The number of nitrogens with one attached hydrogen (secondary N) is 1. The van der Waals surface area contributed by atoms with Crippen LogP contribution in [-0.4, -0.2) is 6.04 Å². The number of rotatable bonds is 3. The fraction of sp³-hybridized carbons (Fsp3) is 0.429. The molecule has 1 heterocycles. The third-order valence-corrected chi connectivity index (χ3v) is 2.93. The summed E-state index contributed by atoms with van der Waals surface area (Å²) in [6.07, 6.45) is 0. The Balaban J connectivity index is 2.40. The van der Waals surface area contributed by atoms with E-state index >= 15 is 0 Å². The summed E-state index contributed by atoms with van der Waals surface area (Å²) in [5.74, 6) is 1.05. The molecule has 0 radical (unpaired) electrons. The highest BCUT2D eigenvalue weighted by Gasteiger charge is 2.11. The van der Waals surface area contributed by atoms with Gasteiger partial charge >= 0.3 is 0 Å². The minimum absolute atomic E-state index is 0.480. The maximum absolute atomic E-state index is 5.92. The molecule has 0 amide bonds. The summed E-state index contributed by atoms with van der Waals surface area (Å²) in [7, 11) is 0. The predicted molar refractivity (Wildman–Crippen MR) is 67.7 cm³/mol. The summed E-state index contributed by atoms with van der Waals surface area (Å²) in [6.45, 7) is 9.30. The van der Waals surface area contributed by atoms with Crippen LogP contribution in [0.25, 0.3) is 11.0 Å². The maximum Gasteiger partial charge on any atom is 0.137 e. The molecule has 86 valence electrons. The summed E-state index contributed by atoms with van der Waals surface area (Å²) in [4.78, 5) is 0. The van der Waals surface area contributed by atoms with E-state index in [1.807, 2.05) is 0 Å². The highest BCUT2D eigenvalue weighted by Crippen LogP contribution is 2.27. The first-order valence-electron chi connectivity index (χ1n) is 5.80. The van der Waals surface area contributed by atoms with Gasteiger partial charge in [-0.2, -0.15) is 0 Å². The molecule has 0 unspecified atom stereocenters. The summed E-state index contributed by atoms with van der Waals surface area (Å²) in [6, 6.07) is 6.78. The second kappa shape index (κ2) is 4.30. The molecule has 0 saturated carbocycles. The first-order valence-corrected chi connectivity index (χ1v) is 5.80. The molecule has 2 rings (SSSR count). The van der Waals surface area contributed by atoms with Gasteiger partial charge in [0.05, 0.1) is 6.54 Å². The quantitative estimate of drug-likeness (QED) is 0.850.